The van der Waals surface area contributed by atoms with Crippen molar-refractivity contribution < 1.29 is 142 Å². The number of thioether (sulfide) groups is 1. The van der Waals surface area contributed by atoms with Crippen molar-refractivity contribution in [2.24, 2.45) is 28.9 Å². The van der Waals surface area contributed by atoms with E-state index >= 15 is 0 Å². The molecule has 2 rings (SSSR count). The van der Waals surface area contributed by atoms with Crippen LogP contribution < -0.4 is 108 Å². The molecule has 49 nitrogen and oxygen atoms in total. The van der Waals surface area contributed by atoms with E-state index in [1.54, 1.807) is 6.26 Å². The standard InChI is InChI=1S/C70H110N20O29S3/c1-32(2)55-68(117)84-38(9-7-22-75-70(73)74)59(108)79-37(8-5-6-21-71)60(109)89-47(69(118)119)31-122-121-30-36(72)57(106)76-27-48(93)78-33(3)56(105)85-45(26-54(103)104)66(115)88-46(29-91)67(116)86-43(24-34-10-12-35(92)13-11-34)65(114)82-40(15-18-51(97)98)62(111)83-42(20-23-120-4)64(113)81-39(14-17-50(95)96)61(110)80-41(16-19-52(99)100)63(112)87-44(25-53(101)102)58(107)77-28-49(94)90-55/h10-13,32-33,36-47,55,70,75,91-92H,5-9,14-31,71-74H2,1-4H3,(H,76,106)(H,77,107)(H,78,93)(H,79,108)(H,80,110)(H,81,113)(H,82,114)(H,83,111)(H,84,117)(H,85,105)(H,86,116)(H,87,112)(H,88,115)(H,89,109)(H,90,94)(H,95,96)(H,97,98)(H,99,100)(H,101,102)(H,103,104)(H,118,119)/t33-,36-,37-,38-,39-,40-,41-,42-,43-,44-,45-,46-,47-,55-/m0/s1. The Balaban J connectivity index is 2.86. The molecule has 52 heteroatoms. The van der Waals surface area contributed by atoms with Gasteiger partial charge in [-0.1, -0.05) is 47.6 Å². The molecule has 0 unspecified atom stereocenters. The van der Waals surface area contributed by atoms with E-state index in [2.05, 4.69) is 74.4 Å². The third-order valence-electron chi connectivity index (χ3n) is 17.6. The number of unbranched alkanes of at least 4 members (excludes halogenated alkanes) is 1. The number of nitrogens with one attached hydrogen (secondary N) is 16. The maximum absolute atomic E-state index is 14.5. The number of nitrogens with two attached hydrogens (primary N) is 4. The first kappa shape index (κ1) is 107. The highest BCUT2D eigenvalue weighted by Crippen LogP contribution is 2.23. The summed E-state index contributed by atoms with van der Waals surface area (Å²) in [6.45, 7) is 0.924. The number of carboxylic acid groups (broad SMARTS) is 6. The number of aliphatic hydroxyl groups is 1. The van der Waals surface area contributed by atoms with Crippen LogP contribution in [-0.2, 0) is 107 Å². The third kappa shape index (κ3) is 42.3. The molecule has 0 saturated carbocycles. The quantitative estimate of drug-likeness (QED) is 0.0193. The van der Waals surface area contributed by atoms with Crippen LogP contribution >= 0.6 is 33.3 Å². The summed E-state index contributed by atoms with van der Waals surface area (Å²) in [6, 6.07) is -20.6. The van der Waals surface area contributed by atoms with Crippen molar-refractivity contribution in [3.05, 3.63) is 29.8 Å². The molecular weight excluding hydrogens is 1680 g/mol. The highest BCUT2D eigenvalue weighted by molar-refractivity contribution is 8.76. The molecule has 122 heavy (non-hydrogen) atoms. The number of aromatic hydroxyl groups is 1. The zero-order chi connectivity index (χ0) is 92.0. The molecule has 32 N–H and O–H groups in total. The van der Waals surface area contributed by atoms with E-state index in [1.165, 1.54) is 26.0 Å². The monoisotopic (exact) mass is 1790 g/mol. The number of rotatable bonds is 30. The summed E-state index contributed by atoms with van der Waals surface area (Å²) in [7, 11) is 1.68. The van der Waals surface area contributed by atoms with Crippen LogP contribution in [0.3, 0.4) is 0 Å². The van der Waals surface area contributed by atoms with Crippen LogP contribution in [0, 0.1) is 5.92 Å². The van der Waals surface area contributed by atoms with Gasteiger partial charge in [0.05, 0.1) is 38.6 Å². The number of amides is 15. The van der Waals surface area contributed by atoms with Crippen LogP contribution in [0.25, 0.3) is 0 Å². The molecule has 1 heterocycles. The van der Waals surface area contributed by atoms with Gasteiger partial charge in [0, 0.05) is 37.2 Å². The van der Waals surface area contributed by atoms with Crippen LogP contribution in [-0.4, -0.2) is 312 Å². The number of hydrogen-bond donors (Lipinski definition) is 28. The minimum Gasteiger partial charge on any atom is -0.508 e. The van der Waals surface area contributed by atoms with Crippen molar-refractivity contribution >= 4 is 158 Å². The lowest BCUT2D eigenvalue weighted by Gasteiger charge is -2.28. The highest BCUT2D eigenvalue weighted by atomic mass is 33.1. The number of phenolic OH excluding ortho intramolecular Hbond substituents is 1. The van der Waals surface area contributed by atoms with Crippen molar-refractivity contribution in [1.82, 2.24) is 85.1 Å². The summed E-state index contributed by atoms with van der Waals surface area (Å²) in [5, 5.41) is 116. The molecule has 0 aliphatic carbocycles. The fraction of sp³-hybridized carbons (Fsp3) is 0.614. The molecule has 0 aromatic heterocycles. The zero-order valence-electron chi connectivity index (χ0n) is 67.0. The molecule has 14 atom stereocenters. The van der Waals surface area contributed by atoms with Gasteiger partial charge < -0.3 is 144 Å². The van der Waals surface area contributed by atoms with Gasteiger partial charge in [-0.2, -0.15) is 11.8 Å². The Kier molecular flexibility index (Phi) is 49.3. The van der Waals surface area contributed by atoms with E-state index in [0.29, 0.717) is 6.42 Å². The Bertz CT molecular complexity index is 3820. The minimum absolute atomic E-state index is 0.00259. The van der Waals surface area contributed by atoms with Crippen LogP contribution in [0.2, 0.25) is 0 Å². The average molecular weight is 1790 g/mol. The number of carbonyl (C=O) groups is 21. The fourth-order valence-corrected chi connectivity index (χ4v) is 13.7. The van der Waals surface area contributed by atoms with Gasteiger partial charge in [-0.25, -0.2) is 4.79 Å². The van der Waals surface area contributed by atoms with E-state index in [0.717, 1.165) is 52.4 Å². The fourth-order valence-electron chi connectivity index (χ4n) is 11.0. The molecule has 0 radical (unpaired) electrons. The second-order valence-electron chi connectivity index (χ2n) is 27.9. The number of aliphatic carboxylic acids is 6. The van der Waals surface area contributed by atoms with Gasteiger partial charge in [-0.05, 0) is 113 Å². The van der Waals surface area contributed by atoms with Gasteiger partial charge in [0.25, 0.3) is 0 Å². The van der Waals surface area contributed by atoms with Gasteiger partial charge in [0.2, 0.25) is 88.6 Å². The predicted octanol–water partition coefficient (Wildman–Crippen LogP) is -10.1. The van der Waals surface area contributed by atoms with Crippen LogP contribution in [0.5, 0.6) is 5.75 Å². The average Bonchev–Trinajstić information content (AvgIpc) is 0.859. The molecule has 1 fully saturated rings. The van der Waals surface area contributed by atoms with Crippen molar-refractivity contribution in [3.8, 4) is 5.75 Å². The molecule has 1 aromatic rings. The first-order valence-corrected chi connectivity index (χ1v) is 41.9. The Morgan fingerprint density at radius 1 is 0.459 bits per heavy atom. The smallest absolute Gasteiger partial charge is 0.327 e. The number of carboxylic acids is 6. The largest absolute Gasteiger partial charge is 0.508 e. The van der Waals surface area contributed by atoms with Gasteiger partial charge in [-0.3, -0.25) is 101 Å². The van der Waals surface area contributed by atoms with Crippen molar-refractivity contribution in [2.45, 2.75) is 208 Å². The first-order chi connectivity index (χ1) is 57.4. The number of hydrogen-bond acceptors (Lipinski definition) is 31. The predicted molar refractivity (Wildman–Crippen MR) is 431 cm³/mol. The molecule has 1 aliphatic heterocycles. The second-order valence-corrected chi connectivity index (χ2v) is 31.5. The topological polar surface area (TPSA) is 817 Å². The highest BCUT2D eigenvalue weighted by Gasteiger charge is 2.39. The third-order valence-corrected chi connectivity index (χ3v) is 20.7. The number of phenols is 1. The maximum Gasteiger partial charge on any atom is 0.327 e. The lowest BCUT2D eigenvalue weighted by molar-refractivity contribution is -0.142. The lowest BCUT2D eigenvalue weighted by Crippen LogP contribution is -2.61. The summed E-state index contributed by atoms with van der Waals surface area (Å²) in [5.41, 5.74) is 23.2. The summed E-state index contributed by atoms with van der Waals surface area (Å²) in [4.78, 5) is 282. The molecule has 1 saturated heterocycles. The second kappa shape index (κ2) is 56.3. The molecule has 1 aliphatic rings. The summed E-state index contributed by atoms with van der Waals surface area (Å²) >= 11 is 1.09. The summed E-state index contributed by atoms with van der Waals surface area (Å²) in [5.74, 6) is -30.0. The minimum atomic E-state index is -2.17. The van der Waals surface area contributed by atoms with Gasteiger partial charge in [0.15, 0.2) is 0 Å². The Hall–Kier alpha value is -11.3. The first-order valence-electron chi connectivity index (χ1n) is 38.0. The molecule has 1 aromatic carbocycles. The maximum atomic E-state index is 14.5. The van der Waals surface area contributed by atoms with Gasteiger partial charge >= 0.3 is 35.8 Å². The number of aliphatic hydroxyl groups excluding tert-OH is 1. The Labute approximate surface area is 709 Å². The summed E-state index contributed by atoms with van der Waals surface area (Å²) in [6.07, 6.45) is -7.94. The lowest BCUT2D eigenvalue weighted by atomic mass is 10.0. The van der Waals surface area contributed by atoms with Gasteiger partial charge in [0.1, 0.15) is 90.6 Å². The Morgan fingerprint density at radius 2 is 0.844 bits per heavy atom. The van der Waals surface area contributed by atoms with E-state index in [1.807, 2.05) is 10.6 Å². The Morgan fingerprint density at radius 3 is 1.30 bits per heavy atom. The van der Waals surface area contributed by atoms with Crippen LogP contribution in [0.15, 0.2) is 24.3 Å². The number of benzene rings is 1. The van der Waals surface area contributed by atoms with E-state index in [4.69, 9.17) is 22.9 Å². The SMILES string of the molecule is CSCC[C@@H]1NC(=O)[C@H](CCC(=O)O)NC(=O)[C@H](Cc2ccc(O)cc2)NC(=O)[C@H](CO)NC(=O)[C@H](CC(=O)O)NC(=O)[C@H](C)NC(=O)CNC(=O)[C@@H](N)CSSC[C@@H](C(=O)O)NC(=O)[C@H](CCCCN)NC(=O)[C@H](CCCNC(N)N)NC(=O)[C@H](C(C)C)NC(=O)CNC(=O)[C@H](CC(=O)O)NC(=O)[C@H](CCC(=O)O)NC(=O)[C@H](CCC(=O)O)NC1=O. The molecule has 0 spiro atoms. The van der Waals surface area contributed by atoms with Crippen molar-refractivity contribution in [3.63, 3.8) is 0 Å². The van der Waals surface area contributed by atoms with Gasteiger partial charge in [-0.15, -0.1) is 0 Å². The normalized spacial score (nSPS) is 24.6. The van der Waals surface area contributed by atoms with E-state index in [9.17, 15) is 142 Å². The molecule has 15 amide bonds. The molecule has 0 bridgehead atoms. The molecule has 682 valence electrons. The number of carbonyl (C=O) groups excluding carboxylic acids is 15. The van der Waals surface area contributed by atoms with Crippen molar-refractivity contribution in [1.29, 1.82) is 0 Å². The zero-order valence-corrected chi connectivity index (χ0v) is 69.4. The van der Waals surface area contributed by atoms with Crippen LogP contribution in [0.1, 0.15) is 116 Å². The van der Waals surface area contributed by atoms with E-state index < -0.39 is 304 Å². The van der Waals surface area contributed by atoms with Crippen molar-refractivity contribution in [2.75, 3.05) is 56.3 Å². The van der Waals surface area contributed by atoms with Crippen LogP contribution in [0.4, 0.5) is 0 Å². The molecular formula is C70H110N20O29S3. The van der Waals surface area contributed by atoms with E-state index in [-0.39, 0.29) is 68.0 Å². The summed E-state index contributed by atoms with van der Waals surface area (Å²) < 4.78 is 0.